The Kier molecular flexibility index (Phi) is 7.85. The van der Waals surface area contributed by atoms with Crippen molar-refractivity contribution in [2.75, 3.05) is 0 Å². The van der Waals surface area contributed by atoms with Crippen LogP contribution in [0.4, 0.5) is 0 Å². The topological polar surface area (TPSA) is 27.7 Å². The van der Waals surface area contributed by atoms with Gasteiger partial charge < -0.3 is 4.57 Å². The van der Waals surface area contributed by atoms with Crippen molar-refractivity contribution in [3.63, 3.8) is 0 Å². The highest BCUT2D eigenvalue weighted by Gasteiger charge is 2.41. The van der Waals surface area contributed by atoms with Gasteiger partial charge in [0.05, 0.1) is 38.8 Å². The molecule has 73 heavy (non-hydrogen) atoms. The van der Waals surface area contributed by atoms with Gasteiger partial charge in [-0.2, -0.15) is 0 Å². The standard InChI is InChI=1S/C69H54N4/c1-39-19-18-27-53-65(39)50-38-62-48(35-56(50)69(53,6)7)43-23-11-16-29-58(43)72(62)64-32-31-60(71-57-28-15-10-22-42(57)47-33-54-45(36-61(47)71)40-20-8-13-25-51(40)67(54,2)3)66(70-64)73-59-30-17-12-24-44(59)49-34-55-46(37-63(49)73)41-21-9-14-26-52(41)68(55,4)5/h8-18,20-39H,19H2,1-7H3. The van der Waals surface area contributed by atoms with E-state index in [1.807, 2.05) is 0 Å². The Morgan fingerprint density at radius 3 is 1.42 bits per heavy atom. The fourth-order valence-electron chi connectivity index (χ4n) is 14.7. The van der Waals surface area contributed by atoms with E-state index in [0.29, 0.717) is 5.92 Å². The number of pyridine rings is 1. The number of fused-ring (bicyclic) bond motifs is 17. The molecule has 0 aliphatic heterocycles. The summed E-state index contributed by atoms with van der Waals surface area (Å²) in [5, 5.41) is 7.45. The molecule has 12 aromatic rings. The molecule has 1 unspecified atom stereocenters. The normalized spacial score (nSPS) is 17.5. The van der Waals surface area contributed by atoms with Crippen molar-refractivity contribution in [2.24, 2.45) is 5.92 Å². The number of allylic oxidation sites excluding steroid dienone is 4. The van der Waals surface area contributed by atoms with E-state index in [4.69, 9.17) is 4.98 Å². The van der Waals surface area contributed by atoms with E-state index in [2.05, 4.69) is 244 Å². The molecule has 0 bridgehead atoms. The van der Waals surface area contributed by atoms with Gasteiger partial charge in [-0.15, -0.1) is 0 Å². The van der Waals surface area contributed by atoms with Crippen molar-refractivity contribution < 1.29 is 0 Å². The molecule has 4 heteroatoms. The van der Waals surface area contributed by atoms with Crippen LogP contribution in [-0.4, -0.2) is 18.7 Å². The van der Waals surface area contributed by atoms with Crippen molar-refractivity contribution >= 4 is 71.0 Å². The van der Waals surface area contributed by atoms with Crippen LogP contribution in [0.1, 0.15) is 88.3 Å². The van der Waals surface area contributed by atoms with Crippen LogP contribution < -0.4 is 0 Å². The van der Waals surface area contributed by atoms with Gasteiger partial charge in [0, 0.05) is 48.6 Å². The third-order valence-corrected chi connectivity index (χ3v) is 18.3. The second-order valence-corrected chi connectivity index (χ2v) is 23.1. The van der Waals surface area contributed by atoms with Gasteiger partial charge >= 0.3 is 0 Å². The first-order valence-corrected chi connectivity index (χ1v) is 26.3. The average Bonchev–Trinajstić information content (AvgIpc) is 4.19. The molecule has 0 saturated heterocycles. The van der Waals surface area contributed by atoms with Gasteiger partial charge in [-0.1, -0.05) is 164 Å². The summed E-state index contributed by atoms with van der Waals surface area (Å²) in [5.41, 5.74) is 24.1. The third kappa shape index (κ3) is 5.13. The molecule has 0 N–H and O–H groups in total. The first kappa shape index (κ1) is 41.4. The summed E-state index contributed by atoms with van der Waals surface area (Å²) in [5.74, 6) is 2.23. The van der Waals surface area contributed by atoms with Crippen LogP contribution >= 0.6 is 0 Å². The van der Waals surface area contributed by atoms with E-state index < -0.39 is 0 Å². The first-order valence-electron chi connectivity index (χ1n) is 26.3. The summed E-state index contributed by atoms with van der Waals surface area (Å²) < 4.78 is 7.46. The maximum atomic E-state index is 6.13. The quantitative estimate of drug-likeness (QED) is 0.173. The van der Waals surface area contributed by atoms with E-state index in [0.717, 1.165) is 45.8 Å². The second-order valence-electron chi connectivity index (χ2n) is 23.1. The van der Waals surface area contributed by atoms with Crippen LogP contribution in [-0.2, 0) is 16.2 Å². The number of hydrogen-bond donors (Lipinski definition) is 0. The van der Waals surface area contributed by atoms with E-state index in [9.17, 15) is 0 Å². The fourth-order valence-corrected chi connectivity index (χ4v) is 14.7. The highest BCUT2D eigenvalue weighted by atomic mass is 15.2. The lowest BCUT2D eigenvalue weighted by molar-refractivity contribution is 0.644. The molecule has 0 amide bonds. The molecule has 350 valence electrons. The SMILES string of the molecule is CC1CC=CC2=C1c1cc3c(cc1C2(C)C)c1ccccc1n3-c1ccc(-n2c3ccccc3c3cc4c(cc32)-c2ccccc2C4(C)C)c(-n2c3ccccc3c3cc4c(cc32)-c2ccccc2C4(C)C)n1. The van der Waals surface area contributed by atoms with Crippen molar-refractivity contribution in [1.82, 2.24) is 18.7 Å². The zero-order chi connectivity index (χ0) is 49.0. The minimum atomic E-state index is -0.141. The van der Waals surface area contributed by atoms with Gasteiger partial charge in [-0.3, -0.25) is 9.13 Å². The summed E-state index contributed by atoms with van der Waals surface area (Å²) in [6.45, 7) is 16.8. The number of nitrogens with zero attached hydrogens (tertiary/aromatic N) is 4. The molecule has 4 nitrogen and oxygen atoms in total. The molecule has 4 aliphatic carbocycles. The minimum absolute atomic E-state index is 0.0903. The molecule has 0 saturated carbocycles. The predicted molar refractivity (Wildman–Crippen MR) is 305 cm³/mol. The molecule has 4 aliphatic rings. The molecule has 0 radical (unpaired) electrons. The van der Waals surface area contributed by atoms with Crippen LogP contribution in [0.2, 0.25) is 0 Å². The molecule has 4 heterocycles. The van der Waals surface area contributed by atoms with Gasteiger partial charge in [0.2, 0.25) is 0 Å². The zero-order valence-corrected chi connectivity index (χ0v) is 42.4. The molecule has 0 spiro atoms. The van der Waals surface area contributed by atoms with Crippen LogP contribution in [0.3, 0.4) is 0 Å². The lowest BCUT2D eigenvalue weighted by atomic mass is 9.78. The van der Waals surface area contributed by atoms with E-state index in [1.54, 1.807) is 0 Å². The first-order chi connectivity index (χ1) is 35.4. The zero-order valence-electron chi connectivity index (χ0n) is 42.4. The maximum absolute atomic E-state index is 6.13. The monoisotopic (exact) mass is 938 g/mol. The van der Waals surface area contributed by atoms with Crippen molar-refractivity contribution in [1.29, 1.82) is 0 Å². The number of aromatic nitrogens is 4. The average molecular weight is 939 g/mol. The molecular formula is C69H54N4. The predicted octanol–water partition coefficient (Wildman–Crippen LogP) is 17.6. The van der Waals surface area contributed by atoms with Gasteiger partial charge in [0.1, 0.15) is 5.82 Å². The molecule has 16 rings (SSSR count). The number of benzene rings is 8. The lowest BCUT2D eigenvalue weighted by Crippen LogP contribution is -2.17. The second kappa shape index (κ2) is 13.8. The van der Waals surface area contributed by atoms with Crippen LogP contribution in [0, 0.1) is 5.92 Å². The summed E-state index contributed by atoms with van der Waals surface area (Å²) in [4.78, 5) is 6.13. The van der Waals surface area contributed by atoms with E-state index in [-0.39, 0.29) is 16.2 Å². The number of para-hydroxylation sites is 3. The summed E-state index contributed by atoms with van der Waals surface area (Å²) in [6, 6.07) is 64.6. The van der Waals surface area contributed by atoms with Gasteiger partial charge in [0.25, 0.3) is 0 Å². The third-order valence-electron chi connectivity index (χ3n) is 18.3. The van der Waals surface area contributed by atoms with Crippen molar-refractivity contribution in [3.05, 3.63) is 221 Å². The Hall–Kier alpha value is -8.21. The molecule has 0 fully saturated rings. The smallest absolute Gasteiger partial charge is 0.164 e. The number of rotatable bonds is 3. The summed E-state index contributed by atoms with van der Waals surface area (Å²) in [7, 11) is 0. The summed E-state index contributed by atoms with van der Waals surface area (Å²) in [6.07, 6.45) is 5.84. The molecule has 8 aromatic carbocycles. The highest BCUT2D eigenvalue weighted by Crippen LogP contribution is 2.56. The molecular weight excluding hydrogens is 885 g/mol. The molecule has 1 atom stereocenters. The Morgan fingerprint density at radius 1 is 0.397 bits per heavy atom. The fraction of sp³-hybridized carbons (Fsp3) is 0.174. The van der Waals surface area contributed by atoms with Gasteiger partial charge in [-0.05, 0) is 146 Å². The van der Waals surface area contributed by atoms with Gasteiger partial charge in [0.15, 0.2) is 5.82 Å². The lowest BCUT2D eigenvalue weighted by Gasteiger charge is -2.25. The number of hydrogen-bond acceptors (Lipinski definition) is 1. The maximum Gasteiger partial charge on any atom is 0.164 e. The van der Waals surface area contributed by atoms with E-state index >= 15 is 0 Å². The van der Waals surface area contributed by atoms with Crippen LogP contribution in [0.15, 0.2) is 188 Å². The Labute approximate surface area is 425 Å². The Balaban J connectivity index is 1.05. The Morgan fingerprint density at radius 2 is 0.849 bits per heavy atom. The highest BCUT2D eigenvalue weighted by molar-refractivity contribution is 6.15. The van der Waals surface area contributed by atoms with E-state index in [1.165, 1.54) is 110 Å². The molecule has 4 aromatic heterocycles. The van der Waals surface area contributed by atoms with Crippen LogP contribution in [0.25, 0.3) is 111 Å². The largest absolute Gasteiger partial charge is 0.306 e. The minimum Gasteiger partial charge on any atom is -0.306 e. The summed E-state index contributed by atoms with van der Waals surface area (Å²) >= 11 is 0. The van der Waals surface area contributed by atoms with Crippen molar-refractivity contribution in [2.45, 2.75) is 71.1 Å². The van der Waals surface area contributed by atoms with Crippen LogP contribution in [0.5, 0.6) is 0 Å². The van der Waals surface area contributed by atoms with Gasteiger partial charge in [-0.25, -0.2) is 4.98 Å². The Bertz CT molecular complexity index is 4570. The van der Waals surface area contributed by atoms with Crippen molar-refractivity contribution in [3.8, 4) is 39.6 Å².